The van der Waals surface area contributed by atoms with Crippen LogP contribution in [-0.4, -0.2) is 18.2 Å². The summed E-state index contributed by atoms with van der Waals surface area (Å²) in [6.07, 6.45) is 5.14. The van der Waals surface area contributed by atoms with Crippen molar-refractivity contribution >= 4 is 27.9 Å². The molecule has 0 radical (unpaired) electrons. The molecule has 0 bridgehead atoms. The highest BCUT2D eigenvalue weighted by atomic mass is 16.5. The number of carbonyl (C=O) groups is 2. The highest BCUT2D eigenvalue weighted by Gasteiger charge is 2.41. The van der Waals surface area contributed by atoms with Crippen molar-refractivity contribution in [2.75, 3.05) is 6.61 Å². The zero-order chi connectivity index (χ0) is 17.4. The number of allylic oxidation sites excluding steroid dienone is 1. The molecule has 3 nitrogen and oxygen atoms in total. The van der Waals surface area contributed by atoms with Crippen molar-refractivity contribution in [3.05, 3.63) is 48.0 Å². The van der Waals surface area contributed by atoms with Gasteiger partial charge < -0.3 is 4.74 Å². The van der Waals surface area contributed by atoms with E-state index in [9.17, 15) is 9.59 Å². The van der Waals surface area contributed by atoms with Crippen LogP contribution < -0.4 is 4.74 Å². The minimum Gasteiger partial charge on any atom is -0.492 e. The van der Waals surface area contributed by atoms with Gasteiger partial charge in [-0.25, -0.2) is 0 Å². The van der Waals surface area contributed by atoms with Crippen LogP contribution in [0.1, 0.15) is 44.6 Å². The predicted octanol–water partition coefficient (Wildman–Crippen LogP) is 4.72. The molecule has 1 aliphatic heterocycles. The van der Waals surface area contributed by atoms with Gasteiger partial charge in [-0.15, -0.1) is 0 Å². The highest BCUT2D eigenvalue weighted by molar-refractivity contribution is 6.08. The molecule has 1 heterocycles. The molecule has 0 amide bonds. The van der Waals surface area contributed by atoms with E-state index in [1.807, 2.05) is 19.1 Å². The number of rotatable bonds is 2. The molecule has 128 valence electrons. The molecule has 2 aromatic carbocycles. The molecule has 0 N–H and O–H groups in total. The fourth-order valence-corrected chi connectivity index (χ4v) is 3.93. The van der Waals surface area contributed by atoms with Gasteiger partial charge in [-0.2, -0.15) is 0 Å². The molecule has 3 heteroatoms. The van der Waals surface area contributed by atoms with E-state index in [0.717, 1.165) is 28.5 Å². The second kappa shape index (κ2) is 6.14. The number of ketones is 2. The molecule has 0 unspecified atom stereocenters. The van der Waals surface area contributed by atoms with Crippen LogP contribution >= 0.6 is 0 Å². The van der Waals surface area contributed by atoms with Crippen LogP contribution in [0.15, 0.2) is 42.5 Å². The fourth-order valence-electron chi connectivity index (χ4n) is 3.93. The minimum absolute atomic E-state index is 0.0893. The summed E-state index contributed by atoms with van der Waals surface area (Å²) >= 11 is 0. The van der Waals surface area contributed by atoms with Crippen LogP contribution in [0.25, 0.3) is 16.3 Å². The minimum atomic E-state index is -0.847. The lowest BCUT2D eigenvalue weighted by molar-refractivity contribution is -0.142. The van der Waals surface area contributed by atoms with E-state index in [1.54, 1.807) is 0 Å². The Morgan fingerprint density at radius 1 is 1.04 bits per heavy atom. The average Bonchev–Trinajstić information content (AvgIpc) is 2.64. The topological polar surface area (TPSA) is 43.4 Å². The predicted molar refractivity (Wildman–Crippen MR) is 98.6 cm³/mol. The smallest absolute Gasteiger partial charge is 0.146 e. The molecule has 0 atom stereocenters. The molecule has 2 aromatic rings. The monoisotopic (exact) mass is 334 g/mol. The number of carbonyl (C=O) groups excluding carboxylic acids is 2. The molecule has 0 aromatic heterocycles. The zero-order valence-corrected chi connectivity index (χ0v) is 14.5. The molecule has 0 saturated heterocycles. The molecular formula is C22H22O3. The SMILES string of the molecule is CC1(C/C=C2\CCOc3c2ccc2ccccc32)C(=O)CCCC1=O. The maximum Gasteiger partial charge on any atom is 0.146 e. The van der Waals surface area contributed by atoms with Crippen molar-refractivity contribution in [1.82, 2.24) is 0 Å². The number of hydrogen-bond acceptors (Lipinski definition) is 3. The van der Waals surface area contributed by atoms with Gasteiger partial charge in [0.1, 0.15) is 17.3 Å². The number of Topliss-reactive ketones (excluding diaryl/α,β-unsaturated/α-hetero) is 2. The van der Waals surface area contributed by atoms with Gasteiger partial charge in [-0.3, -0.25) is 9.59 Å². The Labute approximate surface area is 147 Å². The van der Waals surface area contributed by atoms with E-state index in [1.165, 1.54) is 5.57 Å². The van der Waals surface area contributed by atoms with Crippen molar-refractivity contribution in [3.8, 4) is 5.75 Å². The van der Waals surface area contributed by atoms with Crippen molar-refractivity contribution < 1.29 is 14.3 Å². The van der Waals surface area contributed by atoms with Crippen LogP contribution in [0.2, 0.25) is 0 Å². The molecule has 4 rings (SSSR count). The molecule has 1 fully saturated rings. The summed E-state index contributed by atoms with van der Waals surface area (Å²) < 4.78 is 5.95. The number of ether oxygens (including phenoxy) is 1. The van der Waals surface area contributed by atoms with Crippen molar-refractivity contribution in [2.24, 2.45) is 5.41 Å². The second-order valence-corrected chi connectivity index (χ2v) is 7.23. The first-order valence-electron chi connectivity index (χ1n) is 9.00. The summed E-state index contributed by atoms with van der Waals surface area (Å²) in [5, 5.41) is 2.27. The Kier molecular flexibility index (Phi) is 3.95. The molecule has 1 aliphatic carbocycles. The lowest BCUT2D eigenvalue weighted by atomic mass is 9.71. The molecule has 1 saturated carbocycles. The van der Waals surface area contributed by atoms with Gasteiger partial charge in [-0.1, -0.05) is 42.5 Å². The van der Waals surface area contributed by atoms with Gasteiger partial charge in [0, 0.05) is 30.2 Å². The largest absolute Gasteiger partial charge is 0.492 e. The van der Waals surface area contributed by atoms with Gasteiger partial charge in [0.2, 0.25) is 0 Å². The lowest BCUT2D eigenvalue weighted by Crippen LogP contribution is -2.39. The highest BCUT2D eigenvalue weighted by Crippen LogP contribution is 2.40. The Morgan fingerprint density at radius 3 is 2.60 bits per heavy atom. The zero-order valence-electron chi connectivity index (χ0n) is 14.5. The summed E-state index contributed by atoms with van der Waals surface area (Å²) in [6.45, 7) is 2.44. The Hall–Kier alpha value is -2.42. The van der Waals surface area contributed by atoms with Crippen molar-refractivity contribution in [2.45, 2.75) is 39.0 Å². The van der Waals surface area contributed by atoms with Crippen molar-refractivity contribution in [3.63, 3.8) is 0 Å². The Bertz CT molecular complexity index is 875. The molecule has 25 heavy (non-hydrogen) atoms. The number of benzene rings is 2. The molecule has 0 spiro atoms. The van der Waals surface area contributed by atoms with Crippen LogP contribution in [0.3, 0.4) is 0 Å². The van der Waals surface area contributed by atoms with E-state index >= 15 is 0 Å². The number of hydrogen-bond donors (Lipinski definition) is 0. The van der Waals surface area contributed by atoms with Crippen LogP contribution in [-0.2, 0) is 9.59 Å². The first-order chi connectivity index (χ1) is 12.1. The first-order valence-corrected chi connectivity index (χ1v) is 9.00. The van der Waals surface area contributed by atoms with E-state index in [0.29, 0.717) is 32.3 Å². The van der Waals surface area contributed by atoms with Crippen LogP contribution in [0.4, 0.5) is 0 Å². The average molecular weight is 334 g/mol. The Balaban J connectivity index is 1.71. The lowest BCUT2D eigenvalue weighted by Gasteiger charge is -2.30. The first kappa shape index (κ1) is 16.1. The maximum atomic E-state index is 12.3. The van der Waals surface area contributed by atoms with E-state index < -0.39 is 5.41 Å². The third-order valence-electron chi connectivity index (χ3n) is 5.64. The van der Waals surface area contributed by atoms with E-state index in [2.05, 4.69) is 30.3 Å². The summed E-state index contributed by atoms with van der Waals surface area (Å²) in [5.41, 5.74) is 1.42. The second-order valence-electron chi connectivity index (χ2n) is 7.23. The van der Waals surface area contributed by atoms with Crippen molar-refractivity contribution in [1.29, 1.82) is 0 Å². The van der Waals surface area contributed by atoms with Crippen LogP contribution in [0.5, 0.6) is 5.75 Å². The maximum absolute atomic E-state index is 12.3. The summed E-state index contributed by atoms with van der Waals surface area (Å²) in [4.78, 5) is 24.7. The van der Waals surface area contributed by atoms with Gasteiger partial charge >= 0.3 is 0 Å². The number of fused-ring (bicyclic) bond motifs is 3. The fraction of sp³-hybridized carbons (Fsp3) is 0.364. The Morgan fingerprint density at radius 2 is 1.80 bits per heavy atom. The van der Waals surface area contributed by atoms with Gasteiger partial charge in [0.05, 0.1) is 12.0 Å². The van der Waals surface area contributed by atoms with E-state index in [4.69, 9.17) is 4.74 Å². The van der Waals surface area contributed by atoms with Gasteiger partial charge in [-0.05, 0) is 30.7 Å². The third kappa shape index (κ3) is 2.68. The summed E-state index contributed by atoms with van der Waals surface area (Å²) in [7, 11) is 0. The quantitative estimate of drug-likeness (QED) is 0.746. The van der Waals surface area contributed by atoms with Crippen LogP contribution in [0, 0.1) is 5.41 Å². The normalized spacial score (nSPS) is 21.2. The third-order valence-corrected chi connectivity index (χ3v) is 5.64. The molecular weight excluding hydrogens is 312 g/mol. The van der Waals surface area contributed by atoms with Gasteiger partial charge in [0.15, 0.2) is 0 Å². The summed E-state index contributed by atoms with van der Waals surface area (Å²) in [6, 6.07) is 12.4. The summed E-state index contributed by atoms with van der Waals surface area (Å²) in [5.74, 6) is 1.10. The molecule has 2 aliphatic rings. The van der Waals surface area contributed by atoms with E-state index in [-0.39, 0.29) is 11.6 Å². The van der Waals surface area contributed by atoms with Gasteiger partial charge in [0.25, 0.3) is 0 Å². The standard InChI is InChI=1S/C22H22O3/c1-22(19(23)7-4-8-20(22)24)13-11-16-12-14-25-21-17-6-3-2-5-15(17)9-10-18(16)21/h2-3,5-6,9-11H,4,7-8,12-14H2,1H3/b16-11+.